The van der Waals surface area contributed by atoms with E-state index in [1.807, 2.05) is 74.5 Å². The van der Waals surface area contributed by atoms with Crippen LogP contribution in [0.25, 0.3) is 0 Å². The van der Waals surface area contributed by atoms with Crippen molar-refractivity contribution in [2.24, 2.45) is 17.8 Å². The molecule has 43 heavy (non-hydrogen) atoms. The number of amides is 2. The first kappa shape index (κ1) is 35.8. The topological polar surface area (TPSA) is 135 Å². The number of benzene rings is 3. The lowest BCUT2D eigenvalue weighted by atomic mass is 10.3. The van der Waals surface area contributed by atoms with Crippen LogP contribution in [0.5, 0.6) is 0 Å². The fraction of sp³-hybridized carbons (Fsp3) is 0.344. The van der Waals surface area contributed by atoms with Crippen molar-refractivity contribution in [1.82, 2.24) is 0 Å². The van der Waals surface area contributed by atoms with Crippen molar-refractivity contribution in [3.05, 3.63) is 84.9 Å². The molecule has 3 fully saturated rings. The SMILES string of the molecule is CC.Nc1ccccc1.O=C(Cl)C1CC1.O=C(Nc1ccc(S(=O)(=O)Cl)cc1)C1CC1.O=C(Nc1ccccc1)C1CC1. The molecule has 0 atom stereocenters. The lowest BCUT2D eigenvalue weighted by molar-refractivity contribution is -0.118. The molecule has 0 bridgehead atoms. The van der Waals surface area contributed by atoms with Crippen LogP contribution in [0, 0.1) is 17.8 Å². The Bertz CT molecular complexity index is 1390. The van der Waals surface area contributed by atoms with Gasteiger partial charge in [0.2, 0.25) is 17.1 Å². The Labute approximate surface area is 263 Å². The number of hydrogen-bond donors (Lipinski definition) is 3. The first-order valence-corrected chi connectivity index (χ1v) is 16.9. The maximum absolute atomic E-state index is 11.4. The number of para-hydroxylation sites is 2. The van der Waals surface area contributed by atoms with Crippen LogP contribution in [-0.2, 0) is 23.4 Å². The Morgan fingerprint density at radius 3 is 1.30 bits per heavy atom. The first-order chi connectivity index (χ1) is 20.5. The fourth-order valence-electron chi connectivity index (χ4n) is 3.17. The zero-order valence-electron chi connectivity index (χ0n) is 24.3. The highest BCUT2D eigenvalue weighted by molar-refractivity contribution is 8.13. The van der Waals surface area contributed by atoms with Gasteiger partial charge in [0.05, 0.1) is 4.90 Å². The highest BCUT2D eigenvalue weighted by Gasteiger charge is 2.30. The van der Waals surface area contributed by atoms with Crippen LogP contribution in [0.4, 0.5) is 17.1 Å². The molecular formula is C32H39Cl2N3O5S. The molecule has 232 valence electrons. The summed E-state index contributed by atoms with van der Waals surface area (Å²) in [6.45, 7) is 4.00. The molecule has 0 unspecified atom stereocenters. The molecule has 6 rings (SSSR count). The largest absolute Gasteiger partial charge is 0.399 e. The number of nitrogens with one attached hydrogen (secondary N) is 2. The van der Waals surface area contributed by atoms with Crippen LogP contribution >= 0.6 is 22.3 Å². The number of anilines is 3. The van der Waals surface area contributed by atoms with Crippen LogP contribution in [0.2, 0.25) is 0 Å². The standard InChI is InChI=1S/C10H10ClNO3S.C10H11NO.C6H7N.C4H5ClO.C2H6/c11-16(14,15)9-5-3-8(4-6-9)12-10(13)7-1-2-7;12-10(8-6-7-8)11-9-4-2-1-3-5-9;7-6-4-2-1-3-5-6;5-4(6)3-1-2-3;1-2/h3-7H,1-2H2,(H,12,13);1-5,8H,6-7H2,(H,11,12);1-5H,7H2;3H,1-2H2;1-2H3. The molecule has 4 N–H and O–H groups in total. The molecular weight excluding hydrogens is 609 g/mol. The van der Waals surface area contributed by atoms with Gasteiger partial charge in [-0.3, -0.25) is 14.4 Å². The van der Waals surface area contributed by atoms with E-state index in [-0.39, 0.29) is 39.7 Å². The number of carbonyl (C=O) groups is 3. The molecule has 0 radical (unpaired) electrons. The normalized spacial score (nSPS) is 14.7. The third kappa shape index (κ3) is 15.6. The van der Waals surface area contributed by atoms with Crippen molar-refractivity contribution in [2.75, 3.05) is 16.4 Å². The summed E-state index contributed by atoms with van der Waals surface area (Å²) in [6.07, 6.45) is 6.00. The van der Waals surface area contributed by atoms with Gasteiger partial charge < -0.3 is 16.4 Å². The third-order valence-electron chi connectivity index (χ3n) is 6.04. The maximum Gasteiger partial charge on any atom is 0.261 e. The molecule has 2 amide bonds. The van der Waals surface area contributed by atoms with E-state index in [0.29, 0.717) is 5.69 Å². The van der Waals surface area contributed by atoms with Crippen molar-refractivity contribution in [2.45, 2.75) is 57.3 Å². The van der Waals surface area contributed by atoms with Gasteiger partial charge in [-0.05, 0) is 98.7 Å². The first-order valence-electron chi connectivity index (χ1n) is 14.2. The van der Waals surface area contributed by atoms with Gasteiger partial charge >= 0.3 is 0 Å². The van der Waals surface area contributed by atoms with Crippen LogP contribution in [0.1, 0.15) is 52.4 Å². The summed E-state index contributed by atoms with van der Waals surface area (Å²) in [7, 11) is 1.47. The van der Waals surface area contributed by atoms with Crippen LogP contribution in [0.3, 0.4) is 0 Å². The van der Waals surface area contributed by atoms with Crippen molar-refractivity contribution >= 4 is 65.5 Å². The lowest BCUT2D eigenvalue weighted by Crippen LogP contribution is -2.13. The predicted molar refractivity (Wildman–Crippen MR) is 174 cm³/mol. The molecule has 8 nitrogen and oxygen atoms in total. The highest BCUT2D eigenvalue weighted by Crippen LogP contribution is 2.31. The minimum absolute atomic E-state index is 0.0125. The van der Waals surface area contributed by atoms with E-state index < -0.39 is 9.05 Å². The molecule has 11 heteroatoms. The Morgan fingerprint density at radius 2 is 1.02 bits per heavy atom. The zero-order chi connectivity index (χ0) is 31.8. The Morgan fingerprint density at radius 1 is 0.651 bits per heavy atom. The molecule has 3 saturated carbocycles. The molecule has 0 aliphatic heterocycles. The maximum atomic E-state index is 11.4. The van der Waals surface area contributed by atoms with Gasteiger partial charge in [-0.25, -0.2) is 8.42 Å². The zero-order valence-corrected chi connectivity index (χ0v) is 26.7. The predicted octanol–water partition coefficient (Wildman–Crippen LogP) is 7.45. The van der Waals surface area contributed by atoms with E-state index in [1.54, 1.807) is 0 Å². The second-order valence-electron chi connectivity index (χ2n) is 9.84. The van der Waals surface area contributed by atoms with Gasteiger partial charge in [0.25, 0.3) is 9.05 Å². The summed E-state index contributed by atoms with van der Waals surface area (Å²) >= 11 is 5.04. The average Bonchev–Trinajstić information content (AvgIpc) is 3.85. The molecule has 0 aromatic heterocycles. The Hall–Kier alpha value is -3.40. The smallest absolute Gasteiger partial charge is 0.261 e. The minimum atomic E-state index is -3.69. The molecule has 3 aromatic carbocycles. The van der Waals surface area contributed by atoms with Crippen molar-refractivity contribution in [1.29, 1.82) is 0 Å². The summed E-state index contributed by atoms with van der Waals surface area (Å²) < 4.78 is 21.9. The summed E-state index contributed by atoms with van der Waals surface area (Å²) in [4.78, 5) is 32.7. The number of halogens is 2. The minimum Gasteiger partial charge on any atom is -0.399 e. The van der Waals surface area contributed by atoms with Crippen LogP contribution < -0.4 is 16.4 Å². The average molecular weight is 649 g/mol. The summed E-state index contributed by atoms with van der Waals surface area (Å²) in [5, 5.41) is 5.41. The van der Waals surface area contributed by atoms with Gasteiger partial charge in [0.15, 0.2) is 0 Å². The number of nitrogen functional groups attached to an aromatic ring is 1. The number of rotatable bonds is 6. The summed E-state index contributed by atoms with van der Waals surface area (Å²) in [5.41, 5.74) is 7.66. The van der Waals surface area contributed by atoms with E-state index >= 15 is 0 Å². The van der Waals surface area contributed by atoms with Crippen molar-refractivity contribution in [3.63, 3.8) is 0 Å². The van der Waals surface area contributed by atoms with Crippen LogP contribution in [-0.4, -0.2) is 25.5 Å². The van der Waals surface area contributed by atoms with E-state index in [1.165, 1.54) is 24.3 Å². The Balaban J connectivity index is 0.000000210. The summed E-state index contributed by atoms with van der Waals surface area (Å²) in [5.74, 6) is 0.788. The molecule has 0 heterocycles. The van der Waals surface area contributed by atoms with E-state index in [9.17, 15) is 22.8 Å². The lowest BCUT2D eigenvalue weighted by Gasteiger charge is -2.04. The second kappa shape index (κ2) is 18.3. The second-order valence-corrected chi connectivity index (χ2v) is 12.8. The van der Waals surface area contributed by atoms with E-state index in [4.69, 9.17) is 28.0 Å². The monoisotopic (exact) mass is 647 g/mol. The molecule has 3 aliphatic carbocycles. The van der Waals surface area contributed by atoms with Crippen LogP contribution in [0.15, 0.2) is 89.8 Å². The molecule has 0 saturated heterocycles. The van der Waals surface area contributed by atoms with Gasteiger partial charge in [0, 0.05) is 45.5 Å². The van der Waals surface area contributed by atoms with Crippen molar-refractivity contribution in [3.8, 4) is 0 Å². The van der Waals surface area contributed by atoms with Gasteiger partial charge in [-0.15, -0.1) is 0 Å². The fourth-order valence-corrected chi connectivity index (χ4v) is 4.15. The number of carbonyl (C=O) groups excluding carboxylic acids is 3. The number of nitrogens with two attached hydrogens (primary N) is 1. The third-order valence-corrected chi connectivity index (χ3v) is 7.72. The van der Waals surface area contributed by atoms with Gasteiger partial charge in [-0.2, -0.15) is 0 Å². The van der Waals surface area contributed by atoms with E-state index in [0.717, 1.165) is 49.9 Å². The van der Waals surface area contributed by atoms with Gasteiger partial charge in [0.1, 0.15) is 0 Å². The molecule has 0 spiro atoms. The molecule has 3 aromatic rings. The highest BCUT2D eigenvalue weighted by atomic mass is 35.7. The van der Waals surface area contributed by atoms with E-state index in [2.05, 4.69) is 10.6 Å². The van der Waals surface area contributed by atoms with Gasteiger partial charge in [-0.1, -0.05) is 50.2 Å². The molecule has 3 aliphatic rings. The summed E-state index contributed by atoms with van der Waals surface area (Å²) in [6, 6.07) is 24.8. The quantitative estimate of drug-likeness (QED) is 0.188. The number of hydrogen-bond acceptors (Lipinski definition) is 6. The Kier molecular flexibility index (Phi) is 15.2. The van der Waals surface area contributed by atoms with Crippen molar-refractivity contribution < 1.29 is 22.8 Å².